The first kappa shape index (κ1) is 11.1. The zero-order valence-corrected chi connectivity index (χ0v) is 10.5. The van der Waals surface area contributed by atoms with Crippen LogP contribution < -0.4 is 4.74 Å². The van der Waals surface area contributed by atoms with Gasteiger partial charge in [-0.05, 0) is 41.5 Å². The van der Waals surface area contributed by atoms with Crippen molar-refractivity contribution in [2.24, 2.45) is 0 Å². The second-order valence-electron chi connectivity index (χ2n) is 4.56. The van der Waals surface area contributed by atoms with Crippen molar-refractivity contribution in [2.45, 2.75) is 12.8 Å². The number of methoxy groups -OCH3 is 1. The molecule has 90 valence electrons. The molecule has 0 heterocycles. The van der Waals surface area contributed by atoms with Gasteiger partial charge in [0.2, 0.25) is 0 Å². The molecule has 18 heavy (non-hydrogen) atoms. The Kier molecular flexibility index (Phi) is 2.89. The fourth-order valence-corrected chi connectivity index (χ4v) is 2.47. The summed E-state index contributed by atoms with van der Waals surface area (Å²) < 4.78 is 5.51. The zero-order chi connectivity index (χ0) is 12.4. The molecule has 0 atom stereocenters. The van der Waals surface area contributed by atoms with Gasteiger partial charge in [-0.2, -0.15) is 0 Å². The first-order chi connectivity index (χ1) is 8.88. The van der Waals surface area contributed by atoms with Gasteiger partial charge in [-0.3, -0.25) is 0 Å². The van der Waals surface area contributed by atoms with Crippen molar-refractivity contribution in [1.29, 1.82) is 0 Å². The summed E-state index contributed by atoms with van der Waals surface area (Å²) in [5.41, 5.74) is 2.66. The maximum Gasteiger partial charge on any atom is 0.127 e. The number of hydrogen-bond donors (Lipinski definition) is 0. The van der Waals surface area contributed by atoms with Crippen molar-refractivity contribution in [3.05, 3.63) is 60.2 Å². The van der Waals surface area contributed by atoms with Gasteiger partial charge < -0.3 is 4.74 Å². The molecule has 1 aliphatic carbocycles. The van der Waals surface area contributed by atoms with Crippen LogP contribution in [-0.2, 0) is 0 Å². The van der Waals surface area contributed by atoms with E-state index >= 15 is 0 Å². The summed E-state index contributed by atoms with van der Waals surface area (Å²) in [6.45, 7) is 0. The molecule has 3 rings (SSSR count). The maximum atomic E-state index is 5.51. The van der Waals surface area contributed by atoms with Crippen LogP contribution in [-0.4, -0.2) is 7.11 Å². The van der Waals surface area contributed by atoms with Gasteiger partial charge in [0.25, 0.3) is 0 Å². The topological polar surface area (TPSA) is 9.23 Å². The molecule has 1 nitrogen and oxygen atoms in total. The smallest absolute Gasteiger partial charge is 0.127 e. The Balaban J connectivity index is 2.19. The standard InChI is InChI=1S/C17H16O/c1-18-17-12-15(13-7-3-2-4-8-13)11-14-9-5-6-10-16(14)17/h2-3,5-7,9-12H,4,8H2,1H3. The Morgan fingerprint density at radius 2 is 2.00 bits per heavy atom. The first-order valence-corrected chi connectivity index (χ1v) is 6.31. The Labute approximate surface area is 107 Å². The van der Waals surface area contributed by atoms with Crippen molar-refractivity contribution in [3.63, 3.8) is 0 Å². The summed E-state index contributed by atoms with van der Waals surface area (Å²) in [5.74, 6) is 0.957. The summed E-state index contributed by atoms with van der Waals surface area (Å²) in [5, 5.41) is 2.41. The Hall–Kier alpha value is -2.02. The monoisotopic (exact) mass is 236 g/mol. The molecule has 0 unspecified atom stereocenters. The van der Waals surface area contributed by atoms with Gasteiger partial charge in [-0.25, -0.2) is 0 Å². The minimum Gasteiger partial charge on any atom is -0.496 e. The zero-order valence-electron chi connectivity index (χ0n) is 10.5. The van der Waals surface area contributed by atoms with Crippen molar-refractivity contribution >= 4 is 16.3 Å². The predicted octanol–water partition coefficient (Wildman–Crippen LogP) is 4.58. The molecule has 0 bridgehead atoms. The van der Waals surface area contributed by atoms with E-state index in [1.54, 1.807) is 7.11 Å². The van der Waals surface area contributed by atoms with E-state index in [2.05, 4.69) is 48.6 Å². The number of fused-ring (bicyclic) bond motifs is 1. The van der Waals surface area contributed by atoms with E-state index in [1.807, 2.05) is 6.07 Å². The molecule has 0 aliphatic heterocycles. The molecule has 0 saturated heterocycles. The van der Waals surface area contributed by atoms with Crippen molar-refractivity contribution in [2.75, 3.05) is 7.11 Å². The number of hydrogen-bond acceptors (Lipinski definition) is 1. The molecule has 2 aromatic carbocycles. The molecule has 0 aromatic heterocycles. The van der Waals surface area contributed by atoms with E-state index in [-0.39, 0.29) is 0 Å². The second kappa shape index (κ2) is 4.69. The van der Waals surface area contributed by atoms with Gasteiger partial charge in [0, 0.05) is 5.39 Å². The molecule has 0 spiro atoms. The Morgan fingerprint density at radius 3 is 2.78 bits per heavy atom. The van der Waals surface area contributed by atoms with E-state index in [0.717, 1.165) is 18.6 Å². The van der Waals surface area contributed by atoms with Gasteiger partial charge in [0.1, 0.15) is 5.75 Å². The van der Waals surface area contributed by atoms with Gasteiger partial charge in [0.05, 0.1) is 7.11 Å². The van der Waals surface area contributed by atoms with Crippen LogP contribution in [0, 0.1) is 0 Å². The fraction of sp³-hybridized carbons (Fsp3) is 0.176. The quantitative estimate of drug-likeness (QED) is 0.741. The Morgan fingerprint density at radius 1 is 1.11 bits per heavy atom. The lowest BCUT2D eigenvalue weighted by Crippen LogP contribution is -1.91. The lowest BCUT2D eigenvalue weighted by molar-refractivity contribution is 0.419. The Bertz CT molecular complexity index is 635. The molecular weight excluding hydrogens is 220 g/mol. The van der Waals surface area contributed by atoms with E-state index in [0.29, 0.717) is 0 Å². The SMILES string of the molecule is COc1cc(C2=CC=CCC2)cc2ccccc12. The maximum absolute atomic E-state index is 5.51. The van der Waals surface area contributed by atoms with E-state index in [4.69, 9.17) is 4.74 Å². The molecule has 0 saturated carbocycles. The van der Waals surface area contributed by atoms with Crippen molar-refractivity contribution < 1.29 is 4.74 Å². The van der Waals surface area contributed by atoms with Crippen LogP contribution in [0.5, 0.6) is 5.75 Å². The molecule has 0 amide bonds. The molecule has 0 N–H and O–H groups in total. The molecule has 0 fully saturated rings. The summed E-state index contributed by atoms with van der Waals surface area (Å²) in [7, 11) is 1.74. The van der Waals surface area contributed by atoms with Crippen molar-refractivity contribution in [3.8, 4) is 5.75 Å². The minimum absolute atomic E-state index is 0.957. The van der Waals surface area contributed by atoms with E-state index < -0.39 is 0 Å². The minimum atomic E-state index is 0.957. The third-order valence-electron chi connectivity index (χ3n) is 3.43. The highest BCUT2D eigenvalue weighted by atomic mass is 16.5. The fourth-order valence-electron chi connectivity index (χ4n) is 2.47. The third-order valence-corrected chi connectivity index (χ3v) is 3.43. The average molecular weight is 236 g/mol. The largest absolute Gasteiger partial charge is 0.496 e. The van der Waals surface area contributed by atoms with Crippen LogP contribution in [0.25, 0.3) is 16.3 Å². The van der Waals surface area contributed by atoms with Gasteiger partial charge in [-0.15, -0.1) is 0 Å². The van der Waals surface area contributed by atoms with Crippen LogP contribution in [0.2, 0.25) is 0 Å². The molecule has 1 aliphatic rings. The lowest BCUT2D eigenvalue weighted by atomic mass is 9.95. The average Bonchev–Trinajstić information content (AvgIpc) is 2.47. The van der Waals surface area contributed by atoms with E-state index in [1.165, 1.54) is 21.9 Å². The van der Waals surface area contributed by atoms with Crippen LogP contribution in [0.15, 0.2) is 54.6 Å². The molecule has 2 aromatic rings. The summed E-state index contributed by atoms with van der Waals surface area (Å²) in [4.78, 5) is 0. The first-order valence-electron chi connectivity index (χ1n) is 6.31. The summed E-state index contributed by atoms with van der Waals surface area (Å²) >= 11 is 0. The molecule has 0 radical (unpaired) electrons. The highest BCUT2D eigenvalue weighted by Crippen LogP contribution is 2.32. The van der Waals surface area contributed by atoms with Crippen LogP contribution in [0.1, 0.15) is 18.4 Å². The van der Waals surface area contributed by atoms with Gasteiger partial charge in [-0.1, -0.05) is 42.5 Å². The third kappa shape index (κ3) is 1.92. The molecule has 1 heteroatoms. The number of benzene rings is 2. The highest BCUT2D eigenvalue weighted by molar-refractivity contribution is 5.91. The van der Waals surface area contributed by atoms with E-state index in [9.17, 15) is 0 Å². The molecular formula is C17H16O. The van der Waals surface area contributed by atoms with Gasteiger partial charge in [0.15, 0.2) is 0 Å². The lowest BCUT2D eigenvalue weighted by Gasteiger charge is -2.13. The van der Waals surface area contributed by atoms with Crippen LogP contribution in [0.3, 0.4) is 0 Å². The predicted molar refractivity (Wildman–Crippen MR) is 76.9 cm³/mol. The number of ether oxygens (including phenoxy) is 1. The highest BCUT2D eigenvalue weighted by Gasteiger charge is 2.08. The number of rotatable bonds is 2. The van der Waals surface area contributed by atoms with Gasteiger partial charge >= 0.3 is 0 Å². The normalized spacial score (nSPS) is 14.6. The summed E-state index contributed by atoms with van der Waals surface area (Å²) in [6, 6.07) is 12.8. The number of allylic oxidation sites excluding steroid dienone is 4. The van der Waals surface area contributed by atoms with Crippen LogP contribution in [0.4, 0.5) is 0 Å². The second-order valence-corrected chi connectivity index (χ2v) is 4.56. The van der Waals surface area contributed by atoms with Crippen molar-refractivity contribution in [1.82, 2.24) is 0 Å². The van der Waals surface area contributed by atoms with Crippen LogP contribution >= 0.6 is 0 Å². The summed E-state index contributed by atoms with van der Waals surface area (Å²) in [6.07, 6.45) is 8.79.